The van der Waals surface area contributed by atoms with E-state index in [-0.39, 0.29) is 28.6 Å². The van der Waals surface area contributed by atoms with Crippen LogP contribution in [0.5, 0.6) is 5.75 Å². The number of anilines is 1. The van der Waals surface area contributed by atoms with Gasteiger partial charge in [0.2, 0.25) is 5.91 Å². The van der Waals surface area contributed by atoms with Gasteiger partial charge in [0.25, 0.3) is 10.2 Å². The first-order valence-corrected chi connectivity index (χ1v) is 18.2. The van der Waals surface area contributed by atoms with E-state index in [1.54, 1.807) is 24.3 Å². The third kappa shape index (κ3) is 7.39. The second kappa shape index (κ2) is 13.4. The number of para-hydroxylation sites is 1. The van der Waals surface area contributed by atoms with Gasteiger partial charge in [-0.15, -0.1) is 0 Å². The number of rotatable bonds is 14. The minimum absolute atomic E-state index is 0.0304. The lowest BCUT2D eigenvalue weighted by atomic mass is 9.45. The second-order valence-electron chi connectivity index (χ2n) is 15.9. The van der Waals surface area contributed by atoms with E-state index >= 15 is 0 Å². The molecule has 4 aliphatic carbocycles. The molecule has 0 radical (unpaired) electrons. The number of alkyl halides is 2. The van der Waals surface area contributed by atoms with Crippen molar-refractivity contribution in [2.45, 2.75) is 126 Å². The van der Waals surface area contributed by atoms with Gasteiger partial charge in [0.05, 0.1) is 6.61 Å². The summed E-state index contributed by atoms with van der Waals surface area (Å²) in [6.07, 6.45) is 7.42. The third-order valence-corrected chi connectivity index (χ3v) is 12.3. The maximum absolute atomic E-state index is 14.1. The van der Waals surface area contributed by atoms with Gasteiger partial charge >= 0.3 is 0 Å². The molecular weight excluding hydrogens is 631 g/mol. The van der Waals surface area contributed by atoms with E-state index in [0.29, 0.717) is 44.4 Å². The zero-order chi connectivity index (χ0) is 34.3. The number of nitrogens with one attached hydrogen (secondary N) is 2. The van der Waals surface area contributed by atoms with E-state index in [4.69, 9.17) is 27.9 Å². The highest BCUT2D eigenvalue weighted by Crippen LogP contribution is 2.63. The van der Waals surface area contributed by atoms with E-state index in [2.05, 4.69) is 70.4 Å². The fourth-order valence-corrected chi connectivity index (χ4v) is 9.11. The van der Waals surface area contributed by atoms with Gasteiger partial charge in [-0.2, -0.15) is 0 Å². The number of Topliss-reactive ketones (excluding diaryl/α,β-unsaturated/α-hetero) is 1. The standard InChI is InChI=1S/C39H52Cl2N2O4/c1-7-35(3,4)28-16-17-31(30(20-28)36(5,6)8-2)47-18-12-15-32(44)43-38-23-26-19-27(24-38)22-37(21-26,25-38)33(45)39(40,41)34(46)42-29-13-10-9-11-14-29/h9-11,13-14,16-17,20,26-27H,7-8,12,15,18-19,21-25H2,1-6H3,(H,42,46)(H,43,44). The summed E-state index contributed by atoms with van der Waals surface area (Å²) in [5.41, 5.74) is 1.77. The van der Waals surface area contributed by atoms with Crippen molar-refractivity contribution in [3.05, 3.63) is 59.7 Å². The quantitative estimate of drug-likeness (QED) is 0.118. The molecule has 0 saturated heterocycles. The summed E-state index contributed by atoms with van der Waals surface area (Å²) in [5.74, 6) is 0.243. The van der Waals surface area contributed by atoms with Crippen LogP contribution in [-0.2, 0) is 25.2 Å². The van der Waals surface area contributed by atoms with E-state index in [9.17, 15) is 14.4 Å². The Hall–Kier alpha value is -2.57. The fraction of sp³-hybridized carbons (Fsp3) is 0.615. The third-order valence-electron chi connectivity index (χ3n) is 11.6. The van der Waals surface area contributed by atoms with Gasteiger partial charge < -0.3 is 15.4 Å². The molecule has 0 aromatic heterocycles. The van der Waals surface area contributed by atoms with Crippen molar-refractivity contribution >= 4 is 46.5 Å². The monoisotopic (exact) mass is 682 g/mol. The second-order valence-corrected chi connectivity index (χ2v) is 17.3. The summed E-state index contributed by atoms with van der Waals surface area (Å²) in [4.78, 5) is 40.7. The van der Waals surface area contributed by atoms with Crippen molar-refractivity contribution in [3.8, 4) is 5.75 Å². The van der Waals surface area contributed by atoms with E-state index in [0.717, 1.165) is 37.9 Å². The van der Waals surface area contributed by atoms with Crippen molar-refractivity contribution in [1.29, 1.82) is 0 Å². The molecule has 4 bridgehead atoms. The molecule has 0 heterocycles. The summed E-state index contributed by atoms with van der Waals surface area (Å²) < 4.78 is 4.11. The topological polar surface area (TPSA) is 84.5 Å². The van der Waals surface area contributed by atoms with Crippen molar-refractivity contribution in [2.75, 3.05) is 11.9 Å². The number of hydrogen-bond acceptors (Lipinski definition) is 4. The number of carbonyl (C=O) groups is 3. The average molecular weight is 684 g/mol. The van der Waals surface area contributed by atoms with Gasteiger partial charge in [-0.25, -0.2) is 0 Å². The molecule has 47 heavy (non-hydrogen) atoms. The Balaban J connectivity index is 1.22. The van der Waals surface area contributed by atoms with Crippen LogP contribution < -0.4 is 15.4 Å². The Labute approximate surface area is 291 Å². The molecule has 6 rings (SSSR count). The zero-order valence-electron chi connectivity index (χ0n) is 28.9. The number of ketones is 1. The minimum Gasteiger partial charge on any atom is -0.493 e. The Bertz CT molecular complexity index is 1470. The van der Waals surface area contributed by atoms with Crippen LogP contribution in [0.15, 0.2) is 48.5 Å². The number of carbonyl (C=O) groups excluding carboxylic acids is 3. The minimum atomic E-state index is -2.22. The largest absolute Gasteiger partial charge is 0.493 e. The van der Waals surface area contributed by atoms with E-state index in [1.807, 2.05) is 6.07 Å². The van der Waals surface area contributed by atoms with Gasteiger partial charge in [-0.1, -0.05) is 95.1 Å². The molecular formula is C39H52Cl2N2O4. The first kappa shape index (κ1) is 35.7. The molecule has 4 saturated carbocycles. The molecule has 6 nitrogen and oxygen atoms in total. The molecule has 0 spiro atoms. The van der Waals surface area contributed by atoms with Crippen molar-refractivity contribution in [1.82, 2.24) is 5.32 Å². The number of amides is 2. The summed E-state index contributed by atoms with van der Waals surface area (Å²) in [5, 5.41) is 6.06. The molecule has 2 atom stereocenters. The van der Waals surface area contributed by atoms with E-state index < -0.39 is 27.0 Å². The zero-order valence-corrected chi connectivity index (χ0v) is 30.5. The molecule has 2 aromatic rings. The number of benzene rings is 2. The van der Waals surface area contributed by atoms with Crippen LogP contribution in [0.4, 0.5) is 5.69 Å². The predicted octanol–water partition coefficient (Wildman–Crippen LogP) is 9.06. The number of hydrogen-bond donors (Lipinski definition) is 2. The van der Waals surface area contributed by atoms with Gasteiger partial charge in [0.1, 0.15) is 5.75 Å². The average Bonchev–Trinajstić information content (AvgIpc) is 3.02. The van der Waals surface area contributed by atoms with Crippen molar-refractivity contribution in [2.24, 2.45) is 17.3 Å². The molecule has 8 heteroatoms. The lowest BCUT2D eigenvalue weighted by Gasteiger charge is -2.62. The first-order chi connectivity index (χ1) is 22.0. The van der Waals surface area contributed by atoms with Crippen LogP contribution in [0.3, 0.4) is 0 Å². The normalized spacial score (nSPS) is 25.4. The van der Waals surface area contributed by atoms with Gasteiger partial charge in [-0.3, -0.25) is 14.4 Å². The van der Waals surface area contributed by atoms with Gasteiger partial charge in [0.15, 0.2) is 5.78 Å². The highest BCUT2D eigenvalue weighted by atomic mass is 35.5. The maximum Gasteiger partial charge on any atom is 0.268 e. The molecule has 2 unspecified atom stereocenters. The lowest BCUT2D eigenvalue weighted by Crippen LogP contribution is -2.66. The van der Waals surface area contributed by atoms with Crippen LogP contribution in [0, 0.1) is 17.3 Å². The predicted molar refractivity (Wildman–Crippen MR) is 190 cm³/mol. The highest BCUT2D eigenvalue weighted by molar-refractivity contribution is 6.69. The van der Waals surface area contributed by atoms with Crippen LogP contribution in [0.25, 0.3) is 0 Å². The summed E-state index contributed by atoms with van der Waals surface area (Å²) in [6, 6.07) is 15.4. The highest BCUT2D eigenvalue weighted by Gasteiger charge is 2.64. The molecule has 2 amide bonds. The smallest absolute Gasteiger partial charge is 0.268 e. The maximum atomic E-state index is 14.1. The van der Waals surface area contributed by atoms with Gasteiger partial charge in [-0.05, 0) is 104 Å². The van der Waals surface area contributed by atoms with Crippen molar-refractivity contribution in [3.63, 3.8) is 0 Å². The molecule has 4 fully saturated rings. The van der Waals surface area contributed by atoms with Crippen LogP contribution in [0.2, 0.25) is 0 Å². The molecule has 256 valence electrons. The number of halogens is 2. The molecule has 0 aliphatic heterocycles. The fourth-order valence-electron chi connectivity index (χ4n) is 8.62. The SMILES string of the molecule is CCC(C)(C)c1ccc(OCCCC(=O)NC23CC4CC(C2)CC(C(=O)C(Cl)(Cl)C(=O)Nc2ccccc2)(C4)C3)c(C(C)(C)CC)c1. The Kier molecular flexibility index (Phi) is 10.2. The Morgan fingerprint density at radius 3 is 2.15 bits per heavy atom. The molecule has 4 aliphatic rings. The lowest BCUT2D eigenvalue weighted by molar-refractivity contribution is -0.153. The van der Waals surface area contributed by atoms with Crippen LogP contribution in [0.1, 0.15) is 117 Å². The summed E-state index contributed by atoms with van der Waals surface area (Å²) in [6.45, 7) is 13.9. The van der Waals surface area contributed by atoms with E-state index in [1.165, 1.54) is 11.1 Å². The van der Waals surface area contributed by atoms with Crippen LogP contribution in [-0.4, -0.2) is 34.1 Å². The summed E-state index contributed by atoms with van der Waals surface area (Å²) in [7, 11) is 0. The Morgan fingerprint density at radius 2 is 1.53 bits per heavy atom. The summed E-state index contributed by atoms with van der Waals surface area (Å²) >= 11 is 13.2. The molecule has 2 aromatic carbocycles. The first-order valence-electron chi connectivity index (χ1n) is 17.4. The van der Waals surface area contributed by atoms with Crippen LogP contribution >= 0.6 is 23.2 Å². The van der Waals surface area contributed by atoms with Crippen molar-refractivity contribution < 1.29 is 19.1 Å². The van der Waals surface area contributed by atoms with Gasteiger partial charge in [0, 0.05) is 28.6 Å². The Morgan fingerprint density at radius 1 is 0.894 bits per heavy atom. The number of ether oxygens (including phenoxy) is 1. The molecule has 2 N–H and O–H groups in total.